The summed E-state index contributed by atoms with van der Waals surface area (Å²) >= 11 is 0. The van der Waals surface area contributed by atoms with Gasteiger partial charge in [-0.05, 0) is 30.7 Å². The predicted molar refractivity (Wildman–Crippen MR) is 84.4 cm³/mol. The SMILES string of the molecule is CCCCn1c(=N)n(CC(O)c2ccco2)c2ccccc21. The second-order valence-corrected chi connectivity index (χ2v) is 5.46. The average Bonchev–Trinajstić information content (AvgIpc) is 3.14. The molecular weight excluding hydrogens is 278 g/mol. The maximum atomic E-state index is 10.3. The van der Waals surface area contributed by atoms with Gasteiger partial charge < -0.3 is 18.7 Å². The van der Waals surface area contributed by atoms with Crippen LogP contribution in [0.2, 0.25) is 0 Å². The van der Waals surface area contributed by atoms with E-state index >= 15 is 0 Å². The van der Waals surface area contributed by atoms with Crippen molar-refractivity contribution in [3.8, 4) is 0 Å². The van der Waals surface area contributed by atoms with Crippen molar-refractivity contribution in [3.63, 3.8) is 0 Å². The number of benzene rings is 1. The first-order chi connectivity index (χ1) is 10.7. The summed E-state index contributed by atoms with van der Waals surface area (Å²) in [7, 11) is 0. The number of aliphatic hydroxyl groups is 1. The van der Waals surface area contributed by atoms with Crippen LogP contribution in [0.3, 0.4) is 0 Å². The van der Waals surface area contributed by atoms with Crippen LogP contribution >= 0.6 is 0 Å². The molecule has 3 aromatic rings. The van der Waals surface area contributed by atoms with Gasteiger partial charge in [-0.1, -0.05) is 25.5 Å². The second kappa shape index (κ2) is 6.23. The summed E-state index contributed by atoms with van der Waals surface area (Å²) in [6.07, 6.45) is 2.91. The van der Waals surface area contributed by atoms with E-state index in [1.165, 1.54) is 0 Å². The molecule has 1 aromatic carbocycles. The first kappa shape index (κ1) is 14.7. The van der Waals surface area contributed by atoms with Crippen molar-refractivity contribution in [2.24, 2.45) is 0 Å². The minimum Gasteiger partial charge on any atom is -0.467 e. The molecule has 0 spiro atoms. The zero-order valence-electron chi connectivity index (χ0n) is 12.7. The van der Waals surface area contributed by atoms with E-state index in [2.05, 4.69) is 6.92 Å². The van der Waals surface area contributed by atoms with Gasteiger partial charge in [-0.2, -0.15) is 0 Å². The second-order valence-electron chi connectivity index (χ2n) is 5.46. The van der Waals surface area contributed by atoms with Crippen LogP contribution in [0.15, 0.2) is 47.1 Å². The van der Waals surface area contributed by atoms with Gasteiger partial charge in [-0.15, -0.1) is 0 Å². The Balaban J connectivity index is 2.02. The van der Waals surface area contributed by atoms with Crippen molar-refractivity contribution >= 4 is 11.0 Å². The van der Waals surface area contributed by atoms with Crippen LogP contribution in [0.25, 0.3) is 11.0 Å². The van der Waals surface area contributed by atoms with Crippen LogP contribution in [0.1, 0.15) is 31.6 Å². The molecule has 1 unspecified atom stereocenters. The highest BCUT2D eigenvalue weighted by Gasteiger charge is 2.16. The number of hydrogen-bond donors (Lipinski definition) is 2. The molecule has 2 aromatic heterocycles. The number of rotatable bonds is 6. The van der Waals surface area contributed by atoms with E-state index in [1.807, 2.05) is 33.4 Å². The van der Waals surface area contributed by atoms with Crippen molar-refractivity contribution in [2.75, 3.05) is 0 Å². The molecule has 0 aliphatic heterocycles. The smallest absolute Gasteiger partial charge is 0.203 e. The number of aliphatic hydroxyl groups excluding tert-OH is 1. The van der Waals surface area contributed by atoms with Crippen LogP contribution in [0.5, 0.6) is 0 Å². The molecule has 0 amide bonds. The molecule has 116 valence electrons. The fourth-order valence-electron chi connectivity index (χ4n) is 2.77. The topological polar surface area (TPSA) is 67.1 Å². The summed E-state index contributed by atoms with van der Waals surface area (Å²) in [5, 5.41) is 18.8. The quantitative estimate of drug-likeness (QED) is 0.734. The maximum Gasteiger partial charge on any atom is 0.203 e. The molecule has 0 saturated carbocycles. The number of fused-ring (bicyclic) bond motifs is 1. The highest BCUT2D eigenvalue weighted by molar-refractivity contribution is 5.75. The Hall–Kier alpha value is -2.27. The van der Waals surface area contributed by atoms with Crippen LogP contribution < -0.4 is 5.62 Å². The third-order valence-corrected chi connectivity index (χ3v) is 3.94. The Morgan fingerprint density at radius 3 is 2.50 bits per heavy atom. The van der Waals surface area contributed by atoms with Gasteiger partial charge in [0.15, 0.2) is 0 Å². The fraction of sp³-hybridized carbons (Fsp3) is 0.353. The number of para-hydroxylation sites is 2. The van der Waals surface area contributed by atoms with E-state index in [0.717, 1.165) is 30.4 Å². The molecule has 0 radical (unpaired) electrons. The predicted octanol–water partition coefficient (Wildman–Crippen LogP) is 3.05. The Morgan fingerprint density at radius 1 is 1.14 bits per heavy atom. The van der Waals surface area contributed by atoms with Gasteiger partial charge in [0.05, 0.1) is 23.8 Å². The molecule has 0 saturated heterocycles. The summed E-state index contributed by atoms with van der Waals surface area (Å²) in [6.45, 7) is 3.27. The van der Waals surface area contributed by atoms with Crippen LogP contribution in [0, 0.1) is 5.41 Å². The lowest BCUT2D eigenvalue weighted by atomic mass is 10.2. The summed E-state index contributed by atoms with van der Waals surface area (Å²) in [4.78, 5) is 0. The molecule has 3 rings (SSSR count). The monoisotopic (exact) mass is 299 g/mol. The molecule has 22 heavy (non-hydrogen) atoms. The molecule has 0 aliphatic carbocycles. The van der Waals surface area contributed by atoms with Gasteiger partial charge in [-0.25, -0.2) is 0 Å². The Morgan fingerprint density at radius 2 is 1.86 bits per heavy atom. The van der Waals surface area contributed by atoms with E-state index in [4.69, 9.17) is 9.83 Å². The summed E-state index contributed by atoms with van der Waals surface area (Å²) in [5.74, 6) is 0.525. The Kier molecular flexibility index (Phi) is 4.15. The summed E-state index contributed by atoms with van der Waals surface area (Å²) < 4.78 is 9.11. The van der Waals surface area contributed by atoms with Gasteiger partial charge in [-0.3, -0.25) is 5.41 Å². The van der Waals surface area contributed by atoms with E-state index in [-0.39, 0.29) is 0 Å². The van der Waals surface area contributed by atoms with Gasteiger partial charge in [0.1, 0.15) is 11.9 Å². The highest BCUT2D eigenvalue weighted by Crippen LogP contribution is 2.19. The minimum absolute atomic E-state index is 0.311. The fourth-order valence-corrected chi connectivity index (χ4v) is 2.77. The van der Waals surface area contributed by atoms with Crippen LogP contribution in [-0.4, -0.2) is 14.2 Å². The number of furan rings is 1. The van der Waals surface area contributed by atoms with Gasteiger partial charge >= 0.3 is 0 Å². The molecule has 2 heterocycles. The Labute approximate surface area is 128 Å². The minimum atomic E-state index is -0.755. The standard InChI is InChI=1S/C17H21N3O2/c1-2-3-10-19-13-7-4-5-8-14(13)20(17(19)18)12-15(21)16-9-6-11-22-16/h4-9,11,15,18,21H,2-3,10,12H2,1H3. The molecular formula is C17H21N3O2. The van der Waals surface area contributed by atoms with Gasteiger partial charge in [0.25, 0.3) is 0 Å². The Bertz CT molecular complexity index is 799. The van der Waals surface area contributed by atoms with Crippen molar-refractivity contribution in [1.82, 2.24) is 9.13 Å². The lowest BCUT2D eigenvalue weighted by Crippen LogP contribution is -2.26. The number of hydrogen-bond acceptors (Lipinski definition) is 3. The van der Waals surface area contributed by atoms with Crippen LogP contribution in [0.4, 0.5) is 0 Å². The normalized spacial score (nSPS) is 12.8. The summed E-state index contributed by atoms with van der Waals surface area (Å²) in [5.41, 5.74) is 2.42. The third kappa shape index (κ3) is 2.60. The first-order valence-electron chi connectivity index (χ1n) is 7.66. The molecule has 0 bridgehead atoms. The highest BCUT2D eigenvalue weighted by atomic mass is 16.4. The van der Waals surface area contributed by atoms with E-state index in [0.29, 0.717) is 17.9 Å². The zero-order chi connectivity index (χ0) is 15.5. The number of imidazole rings is 1. The first-order valence-corrected chi connectivity index (χ1v) is 7.66. The average molecular weight is 299 g/mol. The molecule has 0 aliphatic rings. The van der Waals surface area contributed by atoms with Gasteiger partial charge in [0.2, 0.25) is 5.62 Å². The molecule has 1 atom stereocenters. The van der Waals surface area contributed by atoms with Crippen molar-refractivity contribution in [1.29, 1.82) is 5.41 Å². The van der Waals surface area contributed by atoms with Crippen LogP contribution in [-0.2, 0) is 13.1 Å². The lowest BCUT2D eigenvalue weighted by Gasteiger charge is -2.09. The molecule has 2 N–H and O–H groups in total. The van der Waals surface area contributed by atoms with E-state index in [9.17, 15) is 5.11 Å². The molecule has 0 fully saturated rings. The number of unbranched alkanes of at least 4 members (excludes halogenated alkanes) is 1. The molecule has 5 heteroatoms. The van der Waals surface area contributed by atoms with Gasteiger partial charge in [0, 0.05) is 6.54 Å². The van der Waals surface area contributed by atoms with Crippen molar-refractivity contribution in [3.05, 3.63) is 54.0 Å². The molecule has 5 nitrogen and oxygen atoms in total. The van der Waals surface area contributed by atoms with Crippen molar-refractivity contribution in [2.45, 2.75) is 39.0 Å². The number of aromatic nitrogens is 2. The van der Waals surface area contributed by atoms with E-state index in [1.54, 1.807) is 18.4 Å². The number of aryl methyl sites for hydroxylation is 1. The summed E-state index contributed by atoms with van der Waals surface area (Å²) in [6, 6.07) is 11.5. The van der Waals surface area contributed by atoms with E-state index < -0.39 is 6.10 Å². The number of nitrogens with zero attached hydrogens (tertiary/aromatic N) is 2. The maximum absolute atomic E-state index is 10.3. The lowest BCUT2D eigenvalue weighted by molar-refractivity contribution is 0.129. The third-order valence-electron chi connectivity index (χ3n) is 3.94. The number of nitrogens with one attached hydrogen (secondary N) is 1. The van der Waals surface area contributed by atoms with Crippen molar-refractivity contribution < 1.29 is 9.52 Å². The largest absolute Gasteiger partial charge is 0.467 e. The zero-order valence-corrected chi connectivity index (χ0v) is 12.7.